The Balaban J connectivity index is 3.15. The Kier molecular flexibility index (Phi) is 7.01. The number of carbonyl (C=O) groups is 1. The first-order chi connectivity index (χ1) is 10.6. The molecule has 2 atom stereocenters. The molecule has 1 aromatic rings. The molecule has 0 heterocycles. The predicted octanol–water partition coefficient (Wildman–Crippen LogP) is 4.37. The van der Waals surface area contributed by atoms with Crippen molar-refractivity contribution in [1.29, 1.82) is 0 Å². The monoisotopic (exact) mass is 399 g/mol. The van der Waals surface area contributed by atoms with E-state index in [1.165, 1.54) is 6.07 Å². The van der Waals surface area contributed by atoms with Gasteiger partial charge in [0, 0.05) is 0 Å². The zero-order valence-corrected chi connectivity index (χ0v) is 14.5. The fourth-order valence-electron chi connectivity index (χ4n) is 2.12. The highest BCUT2D eigenvalue weighted by molar-refractivity contribution is 9.10. The lowest BCUT2D eigenvalue weighted by Gasteiger charge is -2.27. The fourth-order valence-corrected chi connectivity index (χ4v) is 2.37. The van der Waals surface area contributed by atoms with E-state index in [2.05, 4.69) is 26.0 Å². The maximum Gasteiger partial charge on any atom is 0.407 e. The number of esters is 1. The Morgan fingerprint density at radius 3 is 2.39 bits per heavy atom. The molecule has 3 nitrogen and oxygen atoms in total. The summed E-state index contributed by atoms with van der Waals surface area (Å²) in [5.41, 5.74) is -0.309. The van der Waals surface area contributed by atoms with Crippen molar-refractivity contribution in [1.82, 2.24) is 5.32 Å². The summed E-state index contributed by atoms with van der Waals surface area (Å²) < 4.78 is 58.2. The molecule has 1 N–H and O–H groups in total. The molecule has 23 heavy (non-hydrogen) atoms. The number of carbonyl (C=O) groups excluding carboxylic acids is 1. The minimum Gasteiger partial charge on any atom is -0.468 e. The largest absolute Gasteiger partial charge is 0.468 e. The van der Waals surface area contributed by atoms with Crippen LogP contribution < -0.4 is 5.32 Å². The standard InChI is InChI=1S/C15H18BrF4NO2/c1-8(2)6-12(14(22)23-3)21-13(15(18,19)20)9-4-5-10(16)11(17)7-9/h4-5,7-8,12-13,21H,6H2,1-3H3. The average molecular weight is 400 g/mol. The molecule has 0 saturated heterocycles. The van der Waals surface area contributed by atoms with E-state index in [9.17, 15) is 22.4 Å². The molecule has 8 heteroatoms. The molecule has 0 aliphatic carbocycles. The number of methoxy groups -OCH3 is 1. The molecule has 2 unspecified atom stereocenters. The Bertz CT molecular complexity index is 549. The Hall–Kier alpha value is -1.15. The van der Waals surface area contributed by atoms with Crippen molar-refractivity contribution >= 4 is 21.9 Å². The highest BCUT2D eigenvalue weighted by Gasteiger charge is 2.43. The van der Waals surface area contributed by atoms with Gasteiger partial charge in [0.25, 0.3) is 0 Å². The number of nitrogens with one attached hydrogen (secondary N) is 1. The predicted molar refractivity (Wildman–Crippen MR) is 81.3 cm³/mol. The zero-order valence-electron chi connectivity index (χ0n) is 12.9. The summed E-state index contributed by atoms with van der Waals surface area (Å²) in [4.78, 5) is 11.7. The first-order valence-electron chi connectivity index (χ1n) is 6.91. The third kappa shape index (κ3) is 5.76. The van der Waals surface area contributed by atoms with Crippen LogP contribution in [0.2, 0.25) is 0 Å². The van der Waals surface area contributed by atoms with Gasteiger partial charge in [0.1, 0.15) is 17.9 Å². The maximum absolute atomic E-state index is 13.6. The summed E-state index contributed by atoms with van der Waals surface area (Å²) in [5.74, 6) is -1.62. The van der Waals surface area contributed by atoms with E-state index in [1.807, 2.05) is 0 Å². The van der Waals surface area contributed by atoms with Crippen LogP contribution in [-0.2, 0) is 9.53 Å². The van der Waals surface area contributed by atoms with Crippen LogP contribution in [0.3, 0.4) is 0 Å². The molecule has 0 aliphatic heterocycles. The second-order valence-corrected chi connectivity index (χ2v) is 6.37. The number of alkyl halides is 3. The minimum atomic E-state index is -4.69. The van der Waals surface area contributed by atoms with Crippen LogP contribution in [0.1, 0.15) is 31.9 Å². The maximum atomic E-state index is 13.6. The van der Waals surface area contributed by atoms with E-state index in [1.54, 1.807) is 13.8 Å². The zero-order chi connectivity index (χ0) is 17.8. The molecule has 0 spiro atoms. The Labute approximate surface area is 140 Å². The number of ether oxygens (including phenoxy) is 1. The van der Waals surface area contributed by atoms with E-state index >= 15 is 0 Å². The molecular formula is C15H18BrF4NO2. The van der Waals surface area contributed by atoms with E-state index < -0.39 is 30.0 Å². The third-order valence-corrected chi connectivity index (χ3v) is 3.81. The summed E-state index contributed by atoms with van der Waals surface area (Å²) in [6.45, 7) is 3.55. The quantitative estimate of drug-likeness (QED) is 0.570. The van der Waals surface area contributed by atoms with E-state index in [0.29, 0.717) is 0 Å². The molecule has 0 aliphatic rings. The Morgan fingerprint density at radius 1 is 1.35 bits per heavy atom. The summed E-state index contributed by atoms with van der Waals surface area (Å²) in [6, 6.07) is -0.173. The smallest absolute Gasteiger partial charge is 0.407 e. The lowest BCUT2D eigenvalue weighted by atomic mass is 10.00. The summed E-state index contributed by atoms with van der Waals surface area (Å²) in [5, 5.41) is 2.26. The molecule has 130 valence electrons. The lowest BCUT2D eigenvalue weighted by Crippen LogP contribution is -2.45. The van der Waals surface area contributed by atoms with Crippen LogP contribution in [0.15, 0.2) is 22.7 Å². The van der Waals surface area contributed by atoms with Gasteiger partial charge in [0.15, 0.2) is 0 Å². The highest BCUT2D eigenvalue weighted by atomic mass is 79.9. The van der Waals surface area contributed by atoms with Gasteiger partial charge in [0.2, 0.25) is 0 Å². The van der Waals surface area contributed by atoms with Crippen molar-refractivity contribution in [2.75, 3.05) is 7.11 Å². The van der Waals surface area contributed by atoms with Crippen molar-refractivity contribution in [3.8, 4) is 0 Å². The summed E-state index contributed by atoms with van der Waals surface area (Å²) in [6.07, 6.45) is -4.53. The van der Waals surface area contributed by atoms with Gasteiger partial charge >= 0.3 is 12.1 Å². The van der Waals surface area contributed by atoms with Crippen LogP contribution in [-0.4, -0.2) is 25.3 Å². The van der Waals surface area contributed by atoms with Crippen molar-refractivity contribution in [3.63, 3.8) is 0 Å². The SMILES string of the molecule is COC(=O)C(CC(C)C)NC(c1ccc(Br)c(F)c1)C(F)(F)F. The molecule has 0 fully saturated rings. The number of hydrogen-bond donors (Lipinski definition) is 1. The number of hydrogen-bond acceptors (Lipinski definition) is 3. The normalized spacial score (nSPS) is 14.7. The van der Waals surface area contributed by atoms with Crippen LogP contribution in [0.25, 0.3) is 0 Å². The number of halogens is 5. The molecule has 0 amide bonds. The van der Waals surface area contributed by atoms with Gasteiger partial charge in [-0.3, -0.25) is 10.1 Å². The summed E-state index contributed by atoms with van der Waals surface area (Å²) in [7, 11) is 1.11. The Morgan fingerprint density at radius 2 is 1.96 bits per heavy atom. The van der Waals surface area contributed by atoms with Gasteiger partial charge in [-0.25, -0.2) is 4.39 Å². The highest BCUT2D eigenvalue weighted by Crippen LogP contribution is 2.34. The first kappa shape index (κ1) is 19.9. The molecule has 1 rings (SSSR count). The first-order valence-corrected chi connectivity index (χ1v) is 7.71. The van der Waals surface area contributed by atoms with Gasteiger partial charge in [-0.05, 0) is 46.0 Å². The third-order valence-electron chi connectivity index (χ3n) is 3.16. The van der Waals surface area contributed by atoms with E-state index in [-0.39, 0.29) is 22.4 Å². The van der Waals surface area contributed by atoms with Gasteiger partial charge in [-0.1, -0.05) is 19.9 Å². The molecular weight excluding hydrogens is 382 g/mol. The molecule has 0 aromatic heterocycles. The molecule has 0 saturated carbocycles. The molecule has 0 bridgehead atoms. The van der Waals surface area contributed by atoms with Crippen molar-refractivity contribution in [3.05, 3.63) is 34.1 Å². The average Bonchev–Trinajstić information content (AvgIpc) is 2.44. The second-order valence-electron chi connectivity index (χ2n) is 5.52. The van der Waals surface area contributed by atoms with Gasteiger partial charge < -0.3 is 4.74 Å². The second kappa shape index (κ2) is 8.10. The molecule has 0 radical (unpaired) electrons. The van der Waals surface area contributed by atoms with E-state index in [4.69, 9.17) is 0 Å². The lowest BCUT2D eigenvalue weighted by molar-refractivity contribution is -0.164. The van der Waals surface area contributed by atoms with Crippen LogP contribution in [0.4, 0.5) is 17.6 Å². The van der Waals surface area contributed by atoms with Gasteiger partial charge in [-0.15, -0.1) is 0 Å². The topological polar surface area (TPSA) is 38.3 Å². The number of benzene rings is 1. The van der Waals surface area contributed by atoms with Gasteiger partial charge in [0.05, 0.1) is 11.6 Å². The van der Waals surface area contributed by atoms with Gasteiger partial charge in [-0.2, -0.15) is 13.2 Å². The number of rotatable bonds is 6. The van der Waals surface area contributed by atoms with Crippen molar-refractivity contribution < 1.29 is 27.1 Å². The van der Waals surface area contributed by atoms with Crippen molar-refractivity contribution in [2.45, 2.75) is 38.5 Å². The van der Waals surface area contributed by atoms with Crippen LogP contribution in [0.5, 0.6) is 0 Å². The van der Waals surface area contributed by atoms with Crippen molar-refractivity contribution in [2.24, 2.45) is 5.92 Å². The van der Waals surface area contributed by atoms with Crippen LogP contribution >= 0.6 is 15.9 Å². The summed E-state index contributed by atoms with van der Waals surface area (Å²) >= 11 is 2.90. The molecule has 1 aromatic carbocycles. The van der Waals surface area contributed by atoms with E-state index in [0.717, 1.165) is 19.2 Å². The van der Waals surface area contributed by atoms with Crippen LogP contribution in [0, 0.1) is 11.7 Å². The minimum absolute atomic E-state index is 0.0258. The fraction of sp³-hybridized carbons (Fsp3) is 0.533.